The molecule has 1 nitrogen and oxygen atoms in total. The van der Waals surface area contributed by atoms with Crippen molar-refractivity contribution in [2.24, 2.45) is 0 Å². The molecule has 0 spiro atoms. The van der Waals surface area contributed by atoms with Gasteiger partial charge in [0, 0.05) is 22.3 Å². The molecule has 0 saturated heterocycles. The zero-order chi connectivity index (χ0) is 15.2. The molecule has 2 rings (SSSR count). The topological polar surface area (TPSA) is 12.0 Å². The van der Waals surface area contributed by atoms with E-state index in [0.717, 1.165) is 12.3 Å². The second-order valence-corrected chi connectivity index (χ2v) is 6.83. The number of aryl methyl sites for hydroxylation is 1. The van der Waals surface area contributed by atoms with Gasteiger partial charge in [-0.25, -0.2) is 4.39 Å². The lowest BCUT2D eigenvalue weighted by molar-refractivity contribution is 0.542. The van der Waals surface area contributed by atoms with Crippen molar-refractivity contribution >= 4 is 27.7 Å². The summed E-state index contributed by atoms with van der Waals surface area (Å²) < 4.78 is 14.8. The zero-order valence-electron chi connectivity index (χ0n) is 12.2. The van der Waals surface area contributed by atoms with Gasteiger partial charge < -0.3 is 5.32 Å². The summed E-state index contributed by atoms with van der Waals surface area (Å²) in [7, 11) is 0. The van der Waals surface area contributed by atoms with E-state index in [2.05, 4.69) is 52.4 Å². The molecule has 0 aliphatic heterocycles. The molecule has 0 fully saturated rings. The van der Waals surface area contributed by atoms with Crippen LogP contribution in [0, 0.1) is 12.7 Å². The van der Waals surface area contributed by atoms with E-state index in [1.165, 1.54) is 10.5 Å². The van der Waals surface area contributed by atoms with Gasteiger partial charge in [0.05, 0.1) is 4.47 Å². The van der Waals surface area contributed by atoms with E-state index >= 15 is 0 Å². The maximum absolute atomic E-state index is 14.3. The molecule has 1 unspecified atom stereocenters. The van der Waals surface area contributed by atoms with Gasteiger partial charge in [0.25, 0.3) is 0 Å². The fourth-order valence-corrected chi connectivity index (χ4v) is 3.48. The molecule has 0 heterocycles. The molecule has 0 aromatic heterocycles. The number of hydrogen-bond donors (Lipinski definition) is 1. The largest absolute Gasteiger partial charge is 0.309 e. The first-order chi connectivity index (χ1) is 10.1. The molecular formula is C17H19BrFNS. The van der Waals surface area contributed by atoms with Crippen LogP contribution in [0.25, 0.3) is 0 Å². The first-order valence-electron chi connectivity index (χ1n) is 6.98. The Balaban J connectivity index is 2.12. The fourth-order valence-electron chi connectivity index (χ4n) is 2.11. The molecule has 0 aliphatic carbocycles. The third-order valence-electron chi connectivity index (χ3n) is 3.25. The lowest BCUT2D eigenvalue weighted by Crippen LogP contribution is -2.24. The van der Waals surface area contributed by atoms with Gasteiger partial charge in [-0.3, -0.25) is 0 Å². The first-order valence-corrected chi connectivity index (χ1v) is 8.76. The van der Waals surface area contributed by atoms with Gasteiger partial charge in [-0.1, -0.05) is 36.8 Å². The van der Waals surface area contributed by atoms with Crippen molar-refractivity contribution < 1.29 is 4.39 Å². The second-order valence-electron chi connectivity index (χ2n) is 4.88. The number of thioether (sulfide) groups is 1. The van der Waals surface area contributed by atoms with Crippen LogP contribution in [-0.2, 0) is 0 Å². The highest BCUT2D eigenvalue weighted by atomic mass is 79.9. The van der Waals surface area contributed by atoms with Crippen molar-refractivity contribution in [3.05, 3.63) is 63.9 Å². The number of rotatable bonds is 6. The summed E-state index contributed by atoms with van der Waals surface area (Å²) >= 11 is 5.00. The molecule has 0 saturated carbocycles. The monoisotopic (exact) mass is 367 g/mol. The van der Waals surface area contributed by atoms with Crippen molar-refractivity contribution in [2.45, 2.75) is 24.8 Å². The van der Waals surface area contributed by atoms with Crippen LogP contribution in [0.2, 0.25) is 0 Å². The third-order valence-corrected chi connectivity index (χ3v) is 4.96. The summed E-state index contributed by atoms with van der Waals surface area (Å²) in [6, 6.07) is 13.9. The molecule has 21 heavy (non-hydrogen) atoms. The van der Waals surface area contributed by atoms with Gasteiger partial charge in [-0.15, -0.1) is 11.8 Å². The van der Waals surface area contributed by atoms with Crippen molar-refractivity contribution in [3.63, 3.8) is 0 Å². The SMILES string of the molecule is CCNC(CSc1ccc(C)cc1)c1cccc(Br)c1F. The van der Waals surface area contributed by atoms with Crippen molar-refractivity contribution in [1.29, 1.82) is 0 Å². The van der Waals surface area contributed by atoms with E-state index in [1.807, 2.05) is 19.1 Å². The highest BCUT2D eigenvalue weighted by molar-refractivity contribution is 9.10. The van der Waals surface area contributed by atoms with Gasteiger partial charge in [0.2, 0.25) is 0 Å². The van der Waals surface area contributed by atoms with E-state index in [1.54, 1.807) is 17.8 Å². The quantitative estimate of drug-likeness (QED) is 0.691. The molecule has 2 aromatic rings. The van der Waals surface area contributed by atoms with Gasteiger partial charge >= 0.3 is 0 Å². The molecule has 1 N–H and O–H groups in total. The predicted octanol–water partition coefficient (Wildman–Crippen LogP) is 5.34. The van der Waals surface area contributed by atoms with Gasteiger partial charge in [-0.2, -0.15) is 0 Å². The summed E-state index contributed by atoms with van der Waals surface area (Å²) in [6.07, 6.45) is 0. The molecule has 2 aromatic carbocycles. The van der Waals surface area contributed by atoms with Gasteiger partial charge in [0.15, 0.2) is 0 Å². The first kappa shape index (κ1) is 16.5. The summed E-state index contributed by atoms with van der Waals surface area (Å²) in [4.78, 5) is 1.21. The maximum atomic E-state index is 14.3. The summed E-state index contributed by atoms with van der Waals surface area (Å²) in [5, 5.41) is 3.37. The molecule has 1 atom stereocenters. The van der Waals surface area contributed by atoms with Crippen molar-refractivity contribution in [1.82, 2.24) is 5.32 Å². The van der Waals surface area contributed by atoms with Gasteiger partial charge in [0.1, 0.15) is 5.82 Å². The molecule has 0 radical (unpaired) electrons. The highest BCUT2D eigenvalue weighted by Crippen LogP contribution is 2.29. The summed E-state index contributed by atoms with van der Waals surface area (Å²) in [6.45, 7) is 4.93. The average molecular weight is 368 g/mol. The highest BCUT2D eigenvalue weighted by Gasteiger charge is 2.16. The Kier molecular flexibility index (Phi) is 6.27. The van der Waals surface area contributed by atoms with E-state index in [0.29, 0.717) is 10.0 Å². The molecule has 112 valence electrons. The van der Waals surface area contributed by atoms with E-state index < -0.39 is 0 Å². The summed E-state index contributed by atoms with van der Waals surface area (Å²) in [5.74, 6) is 0.623. The fraction of sp³-hybridized carbons (Fsp3) is 0.294. The second kappa shape index (κ2) is 7.97. The van der Waals surface area contributed by atoms with Crippen LogP contribution in [0.4, 0.5) is 4.39 Å². The Hall–Kier alpha value is -0.840. The number of hydrogen-bond acceptors (Lipinski definition) is 2. The number of nitrogens with one attached hydrogen (secondary N) is 1. The lowest BCUT2D eigenvalue weighted by atomic mass is 10.1. The summed E-state index contributed by atoms with van der Waals surface area (Å²) in [5.41, 5.74) is 1.96. The Morgan fingerprint density at radius 1 is 1.19 bits per heavy atom. The van der Waals surface area contributed by atoms with Crippen LogP contribution >= 0.6 is 27.7 Å². The van der Waals surface area contributed by atoms with Crippen molar-refractivity contribution in [2.75, 3.05) is 12.3 Å². The van der Waals surface area contributed by atoms with Crippen LogP contribution in [0.5, 0.6) is 0 Å². The smallest absolute Gasteiger partial charge is 0.142 e. The standard InChI is InChI=1S/C17H19BrFNS/c1-3-20-16(14-5-4-6-15(18)17(14)19)11-21-13-9-7-12(2)8-10-13/h4-10,16,20H,3,11H2,1-2H3. The van der Waals surface area contributed by atoms with E-state index in [9.17, 15) is 4.39 Å². The number of benzene rings is 2. The zero-order valence-corrected chi connectivity index (χ0v) is 14.6. The molecule has 4 heteroatoms. The van der Waals surface area contributed by atoms with E-state index in [4.69, 9.17) is 0 Å². The minimum atomic E-state index is -0.173. The Morgan fingerprint density at radius 3 is 2.57 bits per heavy atom. The minimum Gasteiger partial charge on any atom is -0.309 e. The van der Waals surface area contributed by atoms with Crippen LogP contribution in [-0.4, -0.2) is 12.3 Å². The Bertz CT molecular complexity index is 586. The Morgan fingerprint density at radius 2 is 1.90 bits per heavy atom. The molecule has 0 aliphatic rings. The third kappa shape index (κ3) is 4.56. The normalized spacial score (nSPS) is 12.4. The molecule has 0 bridgehead atoms. The van der Waals surface area contributed by atoms with Crippen LogP contribution < -0.4 is 5.32 Å². The van der Waals surface area contributed by atoms with Crippen LogP contribution in [0.3, 0.4) is 0 Å². The van der Waals surface area contributed by atoms with Crippen molar-refractivity contribution in [3.8, 4) is 0 Å². The number of halogens is 2. The average Bonchev–Trinajstić information content (AvgIpc) is 2.48. The van der Waals surface area contributed by atoms with Gasteiger partial charge in [-0.05, 0) is 47.6 Å². The maximum Gasteiger partial charge on any atom is 0.142 e. The predicted molar refractivity (Wildman–Crippen MR) is 92.4 cm³/mol. The Labute approximate surface area is 138 Å². The van der Waals surface area contributed by atoms with E-state index in [-0.39, 0.29) is 11.9 Å². The molecule has 0 amide bonds. The minimum absolute atomic E-state index is 0.00111. The van der Waals surface area contributed by atoms with Crippen LogP contribution in [0.15, 0.2) is 51.8 Å². The van der Waals surface area contributed by atoms with Crippen LogP contribution in [0.1, 0.15) is 24.1 Å². The lowest BCUT2D eigenvalue weighted by Gasteiger charge is -2.19. The molecular weight excluding hydrogens is 349 g/mol.